The average Bonchev–Trinajstić information content (AvgIpc) is 3.05. The number of hydrogen-bond donors (Lipinski definition) is 1. The van der Waals surface area contributed by atoms with E-state index in [2.05, 4.69) is 23.1 Å². The van der Waals surface area contributed by atoms with E-state index in [0.717, 1.165) is 37.2 Å². The van der Waals surface area contributed by atoms with E-state index < -0.39 is 0 Å². The number of fused-ring (bicyclic) bond motifs is 2. The van der Waals surface area contributed by atoms with Crippen LogP contribution in [-0.2, 0) is 17.6 Å². The summed E-state index contributed by atoms with van der Waals surface area (Å²) in [6, 6.07) is 16.3. The highest BCUT2D eigenvalue weighted by molar-refractivity contribution is 5.96. The second-order valence-corrected chi connectivity index (χ2v) is 6.54. The van der Waals surface area contributed by atoms with E-state index in [1.165, 1.54) is 11.1 Å². The van der Waals surface area contributed by atoms with Crippen molar-refractivity contribution in [2.45, 2.75) is 18.9 Å². The molecule has 2 aromatic carbocycles. The normalized spacial score (nSPS) is 19.9. The summed E-state index contributed by atoms with van der Waals surface area (Å²) in [6.07, 6.45) is 1.85. The predicted molar refractivity (Wildman–Crippen MR) is 94.0 cm³/mol. The van der Waals surface area contributed by atoms with Crippen LogP contribution in [0.5, 0.6) is 0 Å². The molecule has 4 nitrogen and oxygen atoms in total. The van der Waals surface area contributed by atoms with Gasteiger partial charge in [0.2, 0.25) is 5.91 Å². The lowest BCUT2D eigenvalue weighted by atomic mass is 9.93. The van der Waals surface area contributed by atoms with Gasteiger partial charge in [0, 0.05) is 18.8 Å². The average molecular weight is 322 g/mol. The van der Waals surface area contributed by atoms with Gasteiger partial charge < -0.3 is 10.0 Å². The molecule has 0 aliphatic carbocycles. The molecular formula is C20H22N2O2. The fourth-order valence-corrected chi connectivity index (χ4v) is 3.96. The minimum Gasteiger partial charge on any atom is -0.394 e. The number of amides is 1. The quantitative estimate of drug-likeness (QED) is 0.942. The third-order valence-electron chi connectivity index (χ3n) is 5.22. The van der Waals surface area contributed by atoms with E-state index in [1.54, 1.807) is 0 Å². The molecule has 0 spiro atoms. The van der Waals surface area contributed by atoms with Gasteiger partial charge in [0.1, 0.15) is 0 Å². The zero-order chi connectivity index (χ0) is 16.5. The molecule has 0 bridgehead atoms. The number of aliphatic hydroxyl groups is 1. The zero-order valence-corrected chi connectivity index (χ0v) is 13.7. The zero-order valence-electron chi connectivity index (χ0n) is 13.7. The van der Waals surface area contributed by atoms with Gasteiger partial charge >= 0.3 is 0 Å². The van der Waals surface area contributed by atoms with Crippen molar-refractivity contribution in [3.63, 3.8) is 0 Å². The van der Waals surface area contributed by atoms with Crippen molar-refractivity contribution >= 4 is 11.6 Å². The highest BCUT2D eigenvalue weighted by Crippen LogP contribution is 2.31. The Balaban J connectivity index is 1.53. The summed E-state index contributed by atoms with van der Waals surface area (Å²) < 4.78 is 0. The van der Waals surface area contributed by atoms with E-state index in [4.69, 9.17) is 0 Å². The van der Waals surface area contributed by atoms with Gasteiger partial charge in [-0.15, -0.1) is 0 Å². The molecule has 0 aromatic heterocycles. The highest BCUT2D eigenvalue weighted by Gasteiger charge is 2.31. The smallest absolute Gasteiger partial charge is 0.241 e. The van der Waals surface area contributed by atoms with E-state index >= 15 is 0 Å². The summed E-state index contributed by atoms with van der Waals surface area (Å²) in [7, 11) is 0. The van der Waals surface area contributed by atoms with Crippen LogP contribution in [0.3, 0.4) is 0 Å². The molecule has 1 atom stereocenters. The predicted octanol–water partition coefficient (Wildman–Crippen LogP) is 2.17. The maximum atomic E-state index is 12.9. The number of carbonyl (C=O) groups is 1. The number of aliphatic hydroxyl groups excluding tert-OH is 1. The van der Waals surface area contributed by atoms with Crippen LogP contribution in [-0.4, -0.2) is 42.2 Å². The van der Waals surface area contributed by atoms with E-state index in [0.29, 0.717) is 6.54 Å². The Hall–Kier alpha value is -2.17. The number of nitrogens with zero attached hydrogens (tertiary/aromatic N) is 2. The van der Waals surface area contributed by atoms with E-state index in [1.807, 2.05) is 35.2 Å². The Labute approximate surface area is 142 Å². The molecule has 1 N–H and O–H groups in total. The molecule has 2 heterocycles. The van der Waals surface area contributed by atoms with E-state index in [9.17, 15) is 9.90 Å². The number of benzene rings is 2. The third-order valence-corrected chi connectivity index (χ3v) is 5.22. The number of para-hydroxylation sites is 1. The number of carbonyl (C=O) groups excluding carboxylic acids is 1. The lowest BCUT2D eigenvalue weighted by Gasteiger charge is -2.36. The van der Waals surface area contributed by atoms with Crippen molar-refractivity contribution in [3.8, 4) is 0 Å². The topological polar surface area (TPSA) is 43.8 Å². The molecule has 24 heavy (non-hydrogen) atoms. The molecule has 124 valence electrons. The Morgan fingerprint density at radius 3 is 2.54 bits per heavy atom. The Morgan fingerprint density at radius 1 is 1.00 bits per heavy atom. The molecule has 0 saturated heterocycles. The number of rotatable bonds is 3. The van der Waals surface area contributed by atoms with Gasteiger partial charge in [-0.25, -0.2) is 0 Å². The van der Waals surface area contributed by atoms with Gasteiger partial charge in [-0.1, -0.05) is 42.5 Å². The second-order valence-electron chi connectivity index (χ2n) is 6.54. The van der Waals surface area contributed by atoms with Gasteiger partial charge in [-0.3, -0.25) is 9.69 Å². The fraction of sp³-hybridized carbons (Fsp3) is 0.350. The Kier molecular flexibility index (Phi) is 4.08. The monoisotopic (exact) mass is 322 g/mol. The van der Waals surface area contributed by atoms with Gasteiger partial charge in [-0.2, -0.15) is 0 Å². The molecule has 0 radical (unpaired) electrons. The summed E-state index contributed by atoms with van der Waals surface area (Å²) in [5, 5.41) is 9.88. The summed E-state index contributed by atoms with van der Waals surface area (Å²) in [6.45, 7) is 1.96. The van der Waals surface area contributed by atoms with Crippen molar-refractivity contribution in [3.05, 3.63) is 65.2 Å². The van der Waals surface area contributed by atoms with Crippen molar-refractivity contribution in [2.75, 3.05) is 31.1 Å². The van der Waals surface area contributed by atoms with Crippen molar-refractivity contribution in [1.82, 2.24) is 4.90 Å². The Morgan fingerprint density at radius 2 is 1.71 bits per heavy atom. The molecule has 0 fully saturated rings. The van der Waals surface area contributed by atoms with Crippen LogP contribution in [0.25, 0.3) is 0 Å². The summed E-state index contributed by atoms with van der Waals surface area (Å²) in [5.41, 5.74) is 4.72. The maximum Gasteiger partial charge on any atom is 0.241 e. The first-order valence-electron chi connectivity index (χ1n) is 8.59. The first-order chi connectivity index (χ1) is 11.8. The molecule has 1 unspecified atom stereocenters. The van der Waals surface area contributed by atoms with Crippen LogP contribution >= 0.6 is 0 Å². The summed E-state index contributed by atoms with van der Waals surface area (Å²) in [5.74, 6) is 0.123. The molecule has 2 aliphatic rings. The molecular weight excluding hydrogens is 300 g/mol. The number of anilines is 1. The number of hydrogen-bond acceptors (Lipinski definition) is 3. The van der Waals surface area contributed by atoms with E-state index in [-0.39, 0.29) is 18.6 Å². The van der Waals surface area contributed by atoms with Crippen molar-refractivity contribution < 1.29 is 9.90 Å². The van der Waals surface area contributed by atoms with Crippen LogP contribution in [0.15, 0.2) is 48.5 Å². The lowest BCUT2D eigenvalue weighted by Crippen LogP contribution is -2.45. The molecule has 1 amide bonds. The van der Waals surface area contributed by atoms with Crippen molar-refractivity contribution in [1.29, 1.82) is 0 Å². The Bertz CT molecular complexity index is 759. The molecule has 0 saturated carbocycles. The summed E-state index contributed by atoms with van der Waals surface area (Å²) in [4.78, 5) is 16.9. The SMILES string of the molecule is O=C(CN1CCc2ccccc2C1CO)N1CCc2ccccc21. The first-order valence-corrected chi connectivity index (χ1v) is 8.59. The van der Waals surface area contributed by atoms with Gasteiger partial charge in [-0.05, 0) is 35.6 Å². The van der Waals surface area contributed by atoms with Crippen LogP contribution < -0.4 is 4.90 Å². The van der Waals surface area contributed by atoms with Crippen LogP contribution in [0.1, 0.15) is 22.7 Å². The van der Waals surface area contributed by atoms with Gasteiger partial charge in [0.25, 0.3) is 0 Å². The highest BCUT2D eigenvalue weighted by atomic mass is 16.3. The molecule has 4 rings (SSSR count). The maximum absolute atomic E-state index is 12.9. The minimum absolute atomic E-state index is 0.0425. The van der Waals surface area contributed by atoms with Gasteiger partial charge in [0.15, 0.2) is 0 Å². The van der Waals surface area contributed by atoms with Crippen LogP contribution in [0, 0.1) is 0 Å². The first kappa shape index (κ1) is 15.4. The lowest BCUT2D eigenvalue weighted by molar-refractivity contribution is -0.120. The van der Waals surface area contributed by atoms with Crippen LogP contribution in [0.4, 0.5) is 5.69 Å². The third kappa shape index (κ3) is 2.62. The minimum atomic E-state index is -0.0863. The molecule has 4 heteroatoms. The standard InChI is InChI=1S/C20H22N2O2/c23-14-19-17-7-3-1-5-15(17)9-11-21(19)13-20(24)22-12-10-16-6-2-4-8-18(16)22/h1-8,19,23H,9-14H2. The van der Waals surface area contributed by atoms with Crippen LogP contribution in [0.2, 0.25) is 0 Å². The van der Waals surface area contributed by atoms with Gasteiger partial charge in [0.05, 0.1) is 19.2 Å². The molecule has 2 aliphatic heterocycles. The summed E-state index contributed by atoms with van der Waals surface area (Å²) >= 11 is 0. The largest absolute Gasteiger partial charge is 0.394 e. The fourth-order valence-electron chi connectivity index (χ4n) is 3.96. The second kappa shape index (κ2) is 6.38. The van der Waals surface area contributed by atoms with Crippen molar-refractivity contribution in [2.24, 2.45) is 0 Å². The molecule has 2 aromatic rings.